The van der Waals surface area contributed by atoms with Gasteiger partial charge in [0.05, 0.1) is 27.7 Å². The number of halogens is 1. The van der Waals surface area contributed by atoms with Gasteiger partial charge >= 0.3 is 5.97 Å². The quantitative estimate of drug-likeness (QED) is 0.323. The third kappa shape index (κ3) is 5.45. The SMILES string of the molecule is CCC(=O)OCc1c(Cl)c(S(N)(=O)=O)cc(C(=S)S)c1NCc1ccco1. The Bertz CT molecular complexity index is 959. The Labute approximate surface area is 172 Å². The molecule has 0 saturated heterocycles. The Morgan fingerprint density at radius 1 is 1.48 bits per heavy atom. The lowest BCUT2D eigenvalue weighted by atomic mass is 10.1. The molecule has 1 aromatic heterocycles. The summed E-state index contributed by atoms with van der Waals surface area (Å²) in [7, 11) is -4.14. The molecule has 146 valence electrons. The van der Waals surface area contributed by atoms with Crippen LogP contribution in [0.5, 0.6) is 0 Å². The molecule has 0 aliphatic heterocycles. The fourth-order valence-corrected chi connectivity index (χ4v) is 3.76. The highest BCUT2D eigenvalue weighted by Crippen LogP contribution is 2.36. The van der Waals surface area contributed by atoms with Crippen LogP contribution in [0.1, 0.15) is 30.2 Å². The van der Waals surface area contributed by atoms with E-state index in [1.54, 1.807) is 19.1 Å². The zero-order valence-electron chi connectivity index (χ0n) is 14.2. The molecule has 2 rings (SSSR count). The molecule has 0 radical (unpaired) electrons. The van der Waals surface area contributed by atoms with E-state index in [4.69, 9.17) is 38.1 Å². The number of nitrogens with two attached hydrogens (primary N) is 1. The van der Waals surface area contributed by atoms with E-state index in [1.165, 1.54) is 12.3 Å². The number of carbonyl (C=O) groups excluding carboxylic acids is 1. The van der Waals surface area contributed by atoms with E-state index in [-0.39, 0.29) is 44.8 Å². The minimum Gasteiger partial charge on any atom is -0.467 e. The topological polar surface area (TPSA) is 112 Å². The zero-order chi connectivity index (χ0) is 20.2. The summed E-state index contributed by atoms with van der Waals surface area (Å²) in [5, 5.41) is 8.18. The van der Waals surface area contributed by atoms with E-state index in [0.717, 1.165) is 0 Å². The molecule has 0 atom stereocenters. The third-order valence-corrected chi connectivity index (χ3v) is 5.49. The fraction of sp³-hybridized carbons (Fsp3) is 0.250. The fourth-order valence-electron chi connectivity index (χ4n) is 2.24. The maximum atomic E-state index is 11.9. The highest BCUT2D eigenvalue weighted by Gasteiger charge is 2.24. The monoisotopic (exact) mass is 448 g/mol. The molecule has 2 aromatic rings. The van der Waals surface area contributed by atoms with Crippen LogP contribution in [0.15, 0.2) is 33.8 Å². The normalized spacial score (nSPS) is 11.3. The van der Waals surface area contributed by atoms with Crippen molar-refractivity contribution < 1.29 is 22.4 Å². The standard InChI is InChI=1S/C16H17ClN2O5S3/c1-2-13(20)24-8-11-14(17)12(27(18,21)22)6-10(16(25)26)15(11)19-7-9-4-3-5-23-9/h3-6,19H,2,7-8H2,1H3,(H,25,26)(H2,18,21,22). The number of hydrogen-bond acceptors (Lipinski definition) is 7. The van der Waals surface area contributed by atoms with Crippen molar-refractivity contribution in [2.45, 2.75) is 31.4 Å². The number of rotatable bonds is 8. The Balaban J connectivity index is 2.59. The lowest BCUT2D eigenvalue weighted by molar-refractivity contribution is -0.144. The summed E-state index contributed by atoms with van der Waals surface area (Å²) in [5.41, 5.74) is 0.895. The van der Waals surface area contributed by atoms with Crippen LogP contribution in [0.2, 0.25) is 5.02 Å². The summed E-state index contributed by atoms with van der Waals surface area (Å²) in [4.78, 5) is 11.2. The van der Waals surface area contributed by atoms with Gasteiger partial charge < -0.3 is 14.5 Å². The second kappa shape index (κ2) is 9.07. The van der Waals surface area contributed by atoms with Gasteiger partial charge in [0, 0.05) is 17.5 Å². The van der Waals surface area contributed by atoms with E-state index in [0.29, 0.717) is 11.4 Å². The van der Waals surface area contributed by atoms with Crippen molar-refractivity contribution in [1.82, 2.24) is 0 Å². The first-order valence-corrected chi connectivity index (χ1v) is 10.5. The number of nitrogens with one attached hydrogen (secondary N) is 1. The highest BCUT2D eigenvalue weighted by atomic mass is 35.5. The highest BCUT2D eigenvalue weighted by molar-refractivity contribution is 8.11. The molecule has 0 bridgehead atoms. The van der Waals surface area contributed by atoms with Gasteiger partial charge in [-0.15, -0.1) is 12.6 Å². The van der Waals surface area contributed by atoms with Gasteiger partial charge in [0.1, 0.15) is 17.3 Å². The summed E-state index contributed by atoms with van der Waals surface area (Å²) >= 11 is 15.6. The van der Waals surface area contributed by atoms with Gasteiger partial charge in [-0.25, -0.2) is 13.6 Å². The molecule has 3 N–H and O–H groups in total. The number of carbonyl (C=O) groups is 1. The predicted octanol–water partition coefficient (Wildman–Crippen LogP) is 3.25. The molecule has 11 heteroatoms. The van der Waals surface area contributed by atoms with E-state index >= 15 is 0 Å². The molecule has 0 aliphatic rings. The number of furan rings is 1. The zero-order valence-corrected chi connectivity index (χ0v) is 17.5. The molecule has 0 spiro atoms. The number of thiocarbonyl (C=S) groups is 1. The number of hydrogen-bond donors (Lipinski definition) is 3. The summed E-state index contributed by atoms with van der Waals surface area (Å²) < 4.78 is 34.4. The number of thiol groups is 1. The molecule has 1 heterocycles. The van der Waals surface area contributed by atoms with Crippen LogP contribution < -0.4 is 10.5 Å². The first kappa shape index (κ1) is 21.7. The van der Waals surface area contributed by atoms with Crippen molar-refractivity contribution in [3.8, 4) is 0 Å². The van der Waals surface area contributed by atoms with Crippen LogP contribution in [0.25, 0.3) is 0 Å². The molecule has 7 nitrogen and oxygen atoms in total. The average molecular weight is 449 g/mol. The van der Waals surface area contributed by atoms with Gasteiger partial charge in [0.25, 0.3) is 0 Å². The summed E-state index contributed by atoms with van der Waals surface area (Å²) in [6, 6.07) is 4.72. The van der Waals surface area contributed by atoms with Gasteiger partial charge in [0.15, 0.2) is 0 Å². The molecule has 0 saturated carbocycles. The minimum atomic E-state index is -4.14. The summed E-state index contributed by atoms with van der Waals surface area (Å²) in [5.74, 6) is 0.147. The second-order valence-electron chi connectivity index (χ2n) is 5.39. The van der Waals surface area contributed by atoms with Gasteiger partial charge in [-0.2, -0.15) is 0 Å². The Hall–Kier alpha value is -1.59. The van der Waals surface area contributed by atoms with Crippen LogP contribution in [-0.2, 0) is 32.7 Å². The first-order valence-electron chi connectivity index (χ1n) is 7.68. The van der Waals surface area contributed by atoms with Crippen molar-refractivity contribution in [1.29, 1.82) is 0 Å². The molecule has 27 heavy (non-hydrogen) atoms. The van der Waals surface area contributed by atoms with Crippen molar-refractivity contribution in [2.24, 2.45) is 5.14 Å². The number of esters is 1. The Kier molecular flexibility index (Phi) is 7.29. The maximum Gasteiger partial charge on any atom is 0.305 e. The van der Waals surface area contributed by atoms with Gasteiger partial charge in [-0.05, 0) is 18.2 Å². The van der Waals surface area contributed by atoms with E-state index in [9.17, 15) is 13.2 Å². The van der Waals surface area contributed by atoms with Crippen molar-refractivity contribution in [2.75, 3.05) is 5.32 Å². The number of sulfonamides is 1. The molecule has 0 amide bonds. The molecule has 1 aromatic carbocycles. The largest absolute Gasteiger partial charge is 0.467 e. The number of benzene rings is 1. The first-order chi connectivity index (χ1) is 12.6. The lowest BCUT2D eigenvalue weighted by Crippen LogP contribution is -2.17. The molecule has 0 aliphatic carbocycles. The van der Waals surface area contributed by atoms with E-state index < -0.39 is 16.0 Å². The van der Waals surface area contributed by atoms with Crippen LogP contribution >= 0.6 is 36.4 Å². The maximum absolute atomic E-state index is 11.9. The molecule has 0 fully saturated rings. The van der Waals surface area contributed by atoms with Crippen molar-refractivity contribution in [3.05, 3.63) is 46.4 Å². The van der Waals surface area contributed by atoms with Crippen molar-refractivity contribution in [3.63, 3.8) is 0 Å². The lowest BCUT2D eigenvalue weighted by Gasteiger charge is -2.19. The smallest absolute Gasteiger partial charge is 0.305 e. The van der Waals surface area contributed by atoms with Gasteiger partial charge in [0.2, 0.25) is 10.0 Å². The average Bonchev–Trinajstić information content (AvgIpc) is 3.10. The number of ether oxygens (including phenoxy) is 1. The number of anilines is 1. The Morgan fingerprint density at radius 2 is 2.19 bits per heavy atom. The van der Waals surface area contributed by atoms with Gasteiger partial charge in [-0.3, -0.25) is 4.79 Å². The van der Waals surface area contributed by atoms with Crippen molar-refractivity contribution >= 4 is 62.3 Å². The number of primary sulfonamides is 1. The molecular weight excluding hydrogens is 432 g/mol. The van der Waals surface area contributed by atoms with Gasteiger partial charge in [-0.1, -0.05) is 30.7 Å². The molecule has 0 unspecified atom stereocenters. The summed E-state index contributed by atoms with van der Waals surface area (Å²) in [6.45, 7) is 1.63. The predicted molar refractivity (Wildman–Crippen MR) is 110 cm³/mol. The van der Waals surface area contributed by atoms with Crippen LogP contribution in [0.3, 0.4) is 0 Å². The second-order valence-corrected chi connectivity index (χ2v) is 8.45. The Morgan fingerprint density at radius 3 is 2.70 bits per heavy atom. The minimum absolute atomic E-state index is 0.113. The van der Waals surface area contributed by atoms with Crippen LogP contribution in [0.4, 0.5) is 5.69 Å². The molecular formula is C16H17ClN2O5S3. The summed E-state index contributed by atoms with van der Waals surface area (Å²) in [6.07, 6.45) is 1.67. The van der Waals surface area contributed by atoms with E-state index in [1.807, 2.05) is 0 Å². The van der Waals surface area contributed by atoms with Crippen LogP contribution in [-0.4, -0.2) is 18.6 Å². The van der Waals surface area contributed by atoms with Crippen LogP contribution in [0, 0.1) is 0 Å². The van der Waals surface area contributed by atoms with E-state index in [2.05, 4.69) is 17.9 Å². The third-order valence-electron chi connectivity index (χ3n) is 3.55.